The summed E-state index contributed by atoms with van der Waals surface area (Å²) in [7, 11) is 0. The molecule has 0 fully saturated rings. The van der Waals surface area contributed by atoms with Gasteiger partial charge in [0.1, 0.15) is 5.75 Å². The SMILES string of the molecule is C=C(c1ccc(O)cc1)c1cc2c(cc1C)C(C)(C)CCC2(C)C.O=CC=O. The Morgan fingerprint density at radius 3 is 1.86 bits per heavy atom. The zero-order valence-corrected chi connectivity index (χ0v) is 17.5. The molecule has 1 aliphatic carbocycles. The van der Waals surface area contributed by atoms with Crippen LogP contribution in [0.5, 0.6) is 5.75 Å². The highest BCUT2D eigenvalue weighted by atomic mass is 16.3. The van der Waals surface area contributed by atoms with Crippen LogP contribution in [0.4, 0.5) is 0 Å². The van der Waals surface area contributed by atoms with E-state index < -0.39 is 0 Å². The first-order valence-electron chi connectivity index (χ1n) is 9.57. The molecule has 3 nitrogen and oxygen atoms in total. The molecular formula is C25H30O3. The zero-order valence-electron chi connectivity index (χ0n) is 17.5. The molecule has 0 saturated heterocycles. The van der Waals surface area contributed by atoms with Crippen LogP contribution in [-0.2, 0) is 20.4 Å². The van der Waals surface area contributed by atoms with Crippen LogP contribution in [-0.4, -0.2) is 17.7 Å². The third-order valence-corrected chi connectivity index (χ3v) is 5.79. The Labute approximate surface area is 168 Å². The van der Waals surface area contributed by atoms with Crippen molar-refractivity contribution >= 4 is 18.1 Å². The van der Waals surface area contributed by atoms with E-state index in [0.29, 0.717) is 0 Å². The van der Waals surface area contributed by atoms with Gasteiger partial charge in [0, 0.05) is 0 Å². The average Bonchev–Trinajstić information content (AvgIpc) is 2.65. The smallest absolute Gasteiger partial charge is 0.182 e. The molecule has 0 bridgehead atoms. The first-order valence-corrected chi connectivity index (χ1v) is 9.57. The van der Waals surface area contributed by atoms with Gasteiger partial charge >= 0.3 is 0 Å². The molecule has 0 unspecified atom stereocenters. The minimum absolute atomic E-state index is 0.194. The maximum absolute atomic E-state index is 9.52. The fraction of sp³-hybridized carbons (Fsp3) is 0.360. The van der Waals surface area contributed by atoms with Gasteiger partial charge in [0.05, 0.1) is 0 Å². The van der Waals surface area contributed by atoms with Crippen molar-refractivity contribution in [1.82, 2.24) is 0 Å². The van der Waals surface area contributed by atoms with E-state index in [4.69, 9.17) is 9.59 Å². The number of aldehydes is 2. The van der Waals surface area contributed by atoms with Crippen LogP contribution in [0.25, 0.3) is 5.57 Å². The van der Waals surface area contributed by atoms with E-state index in [-0.39, 0.29) is 29.2 Å². The highest BCUT2D eigenvalue weighted by molar-refractivity contribution is 6.09. The fourth-order valence-electron chi connectivity index (χ4n) is 3.87. The summed E-state index contributed by atoms with van der Waals surface area (Å²) < 4.78 is 0. The van der Waals surface area contributed by atoms with Crippen molar-refractivity contribution in [3.05, 3.63) is 70.8 Å². The molecule has 0 heterocycles. The summed E-state index contributed by atoms with van der Waals surface area (Å²) >= 11 is 0. The molecule has 2 aromatic rings. The summed E-state index contributed by atoms with van der Waals surface area (Å²) in [6.45, 7) is 15.9. The lowest BCUT2D eigenvalue weighted by atomic mass is 9.62. The molecule has 1 N–H and O–H groups in total. The Kier molecular flexibility index (Phi) is 6.28. The second-order valence-corrected chi connectivity index (χ2v) is 8.78. The molecule has 0 aromatic heterocycles. The van der Waals surface area contributed by atoms with Gasteiger partial charge in [0.25, 0.3) is 0 Å². The van der Waals surface area contributed by atoms with Gasteiger partial charge < -0.3 is 5.11 Å². The lowest BCUT2D eigenvalue weighted by Gasteiger charge is -2.42. The van der Waals surface area contributed by atoms with Gasteiger partial charge in [0.2, 0.25) is 0 Å². The summed E-state index contributed by atoms with van der Waals surface area (Å²) in [6, 6.07) is 12.1. The summed E-state index contributed by atoms with van der Waals surface area (Å²) in [5.74, 6) is 0.289. The summed E-state index contributed by atoms with van der Waals surface area (Å²) in [6.07, 6.45) is 2.83. The minimum atomic E-state index is 0.194. The third kappa shape index (κ3) is 4.41. The van der Waals surface area contributed by atoms with E-state index in [1.54, 1.807) is 12.1 Å². The maximum atomic E-state index is 9.52. The van der Waals surface area contributed by atoms with Gasteiger partial charge in [-0.05, 0) is 76.1 Å². The van der Waals surface area contributed by atoms with E-state index in [1.807, 2.05) is 12.1 Å². The Morgan fingerprint density at radius 2 is 1.39 bits per heavy atom. The molecule has 3 heteroatoms. The first-order chi connectivity index (χ1) is 13.0. The highest BCUT2D eigenvalue weighted by Gasteiger charge is 2.37. The Bertz CT molecular complexity index is 881. The monoisotopic (exact) mass is 378 g/mol. The van der Waals surface area contributed by atoms with E-state index in [1.165, 1.54) is 35.1 Å². The number of carbonyl (C=O) groups is 2. The summed E-state index contributed by atoms with van der Waals surface area (Å²) in [5.41, 5.74) is 7.94. The number of fused-ring (bicyclic) bond motifs is 1. The minimum Gasteiger partial charge on any atom is -0.508 e. The fourth-order valence-corrected chi connectivity index (χ4v) is 3.87. The zero-order chi connectivity index (χ0) is 21.1. The standard InChI is InChI=1S/C23H28O.C2H2O2/c1-15-13-20-21(23(5,6)12-11-22(20,3)4)14-19(15)16(2)17-7-9-18(24)10-8-17;3-1-2-4/h7-10,13-14,24H,2,11-12H2,1,3-6H3;1-2H. The average molecular weight is 379 g/mol. The first kappa shape index (κ1) is 21.6. The lowest BCUT2D eigenvalue weighted by molar-refractivity contribution is -0.122. The normalized spacial score (nSPS) is 16.2. The van der Waals surface area contributed by atoms with Gasteiger partial charge in [-0.15, -0.1) is 0 Å². The maximum Gasteiger partial charge on any atom is 0.182 e. The predicted molar refractivity (Wildman–Crippen MR) is 115 cm³/mol. The predicted octanol–water partition coefficient (Wildman–Crippen LogP) is 5.50. The van der Waals surface area contributed by atoms with Gasteiger partial charge in [-0.25, -0.2) is 0 Å². The van der Waals surface area contributed by atoms with Gasteiger partial charge in [-0.2, -0.15) is 0 Å². The number of rotatable bonds is 3. The highest BCUT2D eigenvalue weighted by Crippen LogP contribution is 2.47. The van der Waals surface area contributed by atoms with Crippen molar-refractivity contribution in [2.45, 2.75) is 58.3 Å². The number of benzene rings is 2. The van der Waals surface area contributed by atoms with Crippen LogP contribution >= 0.6 is 0 Å². The molecule has 0 aliphatic heterocycles. The molecular weight excluding hydrogens is 348 g/mol. The molecule has 0 radical (unpaired) electrons. The second-order valence-electron chi connectivity index (χ2n) is 8.78. The summed E-state index contributed by atoms with van der Waals surface area (Å²) in [4.78, 5) is 17.6. The number of phenols is 1. The molecule has 1 aliphatic rings. The van der Waals surface area contributed by atoms with Gasteiger partial charge in [-0.1, -0.05) is 58.5 Å². The van der Waals surface area contributed by atoms with Crippen LogP contribution in [0.3, 0.4) is 0 Å². The molecule has 28 heavy (non-hydrogen) atoms. The molecule has 2 aromatic carbocycles. The quantitative estimate of drug-likeness (QED) is 0.567. The van der Waals surface area contributed by atoms with Crippen molar-refractivity contribution in [1.29, 1.82) is 0 Å². The molecule has 0 saturated carbocycles. The van der Waals surface area contributed by atoms with Crippen LogP contribution in [0, 0.1) is 6.92 Å². The lowest BCUT2D eigenvalue weighted by Crippen LogP contribution is -2.34. The largest absolute Gasteiger partial charge is 0.508 e. The van der Waals surface area contributed by atoms with Crippen molar-refractivity contribution < 1.29 is 14.7 Å². The van der Waals surface area contributed by atoms with Gasteiger partial charge in [0.15, 0.2) is 12.6 Å². The van der Waals surface area contributed by atoms with Crippen molar-refractivity contribution in [2.24, 2.45) is 0 Å². The van der Waals surface area contributed by atoms with Crippen molar-refractivity contribution in [3.8, 4) is 5.75 Å². The van der Waals surface area contributed by atoms with E-state index in [0.717, 1.165) is 11.1 Å². The molecule has 3 rings (SSSR count). The number of carbonyl (C=O) groups excluding carboxylic acids is 2. The Hall–Kier alpha value is -2.68. The topological polar surface area (TPSA) is 54.4 Å². The van der Waals surface area contributed by atoms with Crippen LogP contribution in [0.1, 0.15) is 68.4 Å². The van der Waals surface area contributed by atoms with Crippen molar-refractivity contribution in [2.75, 3.05) is 0 Å². The second kappa shape index (κ2) is 8.14. The van der Waals surface area contributed by atoms with Crippen LogP contribution in [0.2, 0.25) is 0 Å². The molecule has 0 amide bonds. The van der Waals surface area contributed by atoms with Crippen molar-refractivity contribution in [3.63, 3.8) is 0 Å². The van der Waals surface area contributed by atoms with Crippen LogP contribution < -0.4 is 0 Å². The Balaban J connectivity index is 0.000000640. The Morgan fingerprint density at radius 1 is 0.929 bits per heavy atom. The molecule has 0 atom stereocenters. The number of hydrogen-bond donors (Lipinski definition) is 1. The number of hydrogen-bond acceptors (Lipinski definition) is 3. The third-order valence-electron chi connectivity index (χ3n) is 5.79. The molecule has 0 spiro atoms. The number of aromatic hydroxyl groups is 1. The summed E-state index contributed by atoms with van der Waals surface area (Å²) in [5, 5.41) is 9.52. The molecule has 148 valence electrons. The van der Waals surface area contributed by atoms with E-state index in [9.17, 15) is 5.11 Å². The number of phenolic OH excluding ortho intramolecular Hbond substituents is 1. The van der Waals surface area contributed by atoms with Gasteiger partial charge in [-0.3, -0.25) is 9.59 Å². The number of aryl methyl sites for hydroxylation is 1. The van der Waals surface area contributed by atoms with E-state index in [2.05, 4.69) is 53.3 Å². The van der Waals surface area contributed by atoms with E-state index >= 15 is 0 Å². The van der Waals surface area contributed by atoms with Crippen LogP contribution in [0.15, 0.2) is 43.0 Å².